The summed E-state index contributed by atoms with van der Waals surface area (Å²) in [6.07, 6.45) is 2.14. The maximum Gasteiger partial charge on any atom is 0.274 e. The third-order valence-corrected chi connectivity index (χ3v) is 5.22. The van der Waals surface area contributed by atoms with E-state index in [-0.39, 0.29) is 29.3 Å². The number of hydrogen-bond acceptors (Lipinski definition) is 5. The van der Waals surface area contributed by atoms with Gasteiger partial charge < -0.3 is 15.0 Å². The van der Waals surface area contributed by atoms with Crippen LogP contribution in [-0.4, -0.2) is 51.4 Å². The topological polar surface area (TPSA) is 97.2 Å². The second kappa shape index (κ2) is 9.59. The quantitative estimate of drug-likeness (QED) is 0.488. The predicted molar refractivity (Wildman–Crippen MR) is 121 cm³/mol. The lowest BCUT2D eigenvalue weighted by molar-refractivity contribution is -0.108. The van der Waals surface area contributed by atoms with Crippen molar-refractivity contribution in [3.8, 4) is 5.82 Å². The lowest BCUT2D eigenvalue weighted by Crippen LogP contribution is -2.30. The second-order valence-corrected chi connectivity index (χ2v) is 8.18. The molecule has 0 atom stereocenters. The molecule has 2 amide bonds. The molecule has 1 aromatic carbocycles. The molecule has 0 aliphatic rings. The van der Waals surface area contributed by atoms with Gasteiger partial charge in [-0.2, -0.15) is 5.10 Å². The van der Waals surface area contributed by atoms with Gasteiger partial charge in [0.1, 0.15) is 16.6 Å². The van der Waals surface area contributed by atoms with E-state index < -0.39 is 11.8 Å². The number of carbonyl (C=O) groups is 3. The molecule has 0 fully saturated rings. The van der Waals surface area contributed by atoms with Crippen LogP contribution in [0.5, 0.6) is 0 Å². The molecule has 0 bridgehead atoms. The fourth-order valence-corrected chi connectivity index (χ4v) is 3.71. The highest BCUT2D eigenvalue weighted by molar-refractivity contribution is 9.10. The molecule has 0 spiro atoms. The number of anilines is 1. The molecule has 2 heterocycles. The Morgan fingerprint density at radius 3 is 2.71 bits per heavy atom. The minimum absolute atomic E-state index is 0.102. The van der Waals surface area contributed by atoms with E-state index in [0.29, 0.717) is 26.5 Å². The summed E-state index contributed by atoms with van der Waals surface area (Å²) in [4.78, 5) is 42.2. The van der Waals surface area contributed by atoms with Crippen molar-refractivity contribution in [3.63, 3.8) is 0 Å². The Kier molecular flexibility index (Phi) is 7.09. The molecule has 11 heteroatoms. The van der Waals surface area contributed by atoms with Crippen molar-refractivity contribution >= 4 is 62.9 Å². The number of benzene rings is 1. The van der Waals surface area contributed by atoms with Crippen LogP contribution in [0.4, 0.5) is 5.69 Å². The molecule has 0 radical (unpaired) electrons. The molecule has 2 aromatic heterocycles. The number of carbonyl (C=O) groups excluding carboxylic acids is 3. The smallest absolute Gasteiger partial charge is 0.274 e. The molecule has 0 unspecified atom stereocenters. The van der Waals surface area contributed by atoms with Crippen molar-refractivity contribution in [3.05, 3.63) is 68.0 Å². The number of nitrogens with one attached hydrogen (secondary N) is 1. The number of nitrogens with zero attached hydrogens (tertiary/aromatic N) is 4. The molecule has 0 aliphatic carbocycles. The van der Waals surface area contributed by atoms with Crippen LogP contribution >= 0.6 is 39.1 Å². The number of halogens is 3. The minimum atomic E-state index is -0.544. The monoisotopic (exact) mass is 523 g/mol. The Hall–Kier alpha value is -2.75. The molecule has 31 heavy (non-hydrogen) atoms. The molecule has 3 aromatic rings. The van der Waals surface area contributed by atoms with Gasteiger partial charge >= 0.3 is 0 Å². The van der Waals surface area contributed by atoms with Crippen molar-refractivity contribution in [1.29, 1.82) is 0 Å². The fourth-order valence-electron chi connectivity index (χ4n) is 2.86. The van der Waals surface area contributed by atoms with E-state index in [2.05, 4.69) is 31.3 Å². The van der Waals surface area contributed by atoms with Crippen molar-refractivity contribution in [2.24, 2.45) is 0 Å². The maximum absolute atomic E-state index is 13.2. The number of aromatic nitrogens is 3. The molecule has 0 saturated heterocycles. The van der Waals surface area contributed by atoms with Crippen molar-refractivity contribution in [1.82, 2.24) is 19.7 Å². The van der Waals surface area contributed by atoms with Crippen LogP contribution in [0.25, 0.3) is 5.82 Å². The number of rotatable bonds is 6. The lowest BCUT2D eigenvalue weighted by atomic mass is 10.1. The molecule has 3 rings (SSSR count). The van der Waals surface area contributed by atoms with Crippen LogP contribution in [0.15, 0.2) is 41.1 Å². The van der Waals surface area contributed by atoms with Crippen molar-refractivity contribution in [2.45, 2.75) is 6.92 Å². The van der Waals surface area contributed by atoms with Gasteiger partial charge in [-0.15, -0.1) is 0 Å². The first-order chi connectivity index (χ1) is 14.7. The Bertz CT molecular complexity index is 1180. The van der Waals surface area contributed by atoms with E-state index in [1.807, 2.05) is 0 Å². The Balaban J connectivity index is 2.03. The Labute approximate surface area is 196 Å². The van der Waals surface area contributed by atoms with E-state index in [0.717, 1.165) is 0 Å². The van der Waals surface area contributed by atoms with Crippen LogP contribution in [0.2, 0.25) is 10.0 Å². The van der Waals surface area contributed by atoms with Crippen molar-refractivity contribution < 1.29 is 14.4 Å². The number of pyridine rings is 1. The molecule has 160 valence electrons. The zero-order valence-electron chi connectivity index (χ0n) is 16.4. The molecular formula is C20H16BrCl2N5O3. The lowest BCUT2D eigenvalue weighted by Gasteiger charge is -2.19. The van der Waals surface area contributed by atoms with Crippen LogP contribution in [0.3, 0.4) is 0 Å². The average Bonchev–Trinajstić information content (AvgIpc) is 3.11. The van der Waals surface area contributed by atoms with Gasteiger partial charge in [0.25, 0.3) is 11.8 Å². The molecule has 0 saturated carbocycles. The van der Waals surface area contributed by atoms with E-state index in [9.17, 15) is 14.4 Å². The van der Waals surface area contributed by atoms with Gasteiger partial charge in [-0.05, 0) is 52.7 Å². The van der Waals surface area contributed by atoms with Crippen LogP contribution in [0.1, 0.15) is 26.4 Å². The number of aldehydes is 1. The summed E-state index contributed by atoms with van der Waals surface area (Å²) < 4.78 is 1.70. The standard InChI is InChI=1S/C20H16BrCl2N5O3/c1-11-8-12(22)9-13(20(31)27(2)6-7-29)17(11)25-19(30)15-10-16(21)26-28(15)18-14(23)4-3-5-24-18/h3-5,7-10H,6H2,1-2H3,(H,25,30). The SMILES string of the molecule is Cc1cc(Cl)cc(C(=O)N(C)CC=O)c1NC(=O)c1cc(Br)nn1-c1ncccc1Cl. The first-order valence-corrected chi connectivity index (χ1v) is 10.4. The van der Waals surface area contributed by atoms with Gasteiger partial charge in [-0.25, -0.2) is 9.67 Å². The van der Waals surface area contributed by atoms with Gasteiger partial charge in [-0.3, -0.25) is 9.59 Å². The van der Waals surface area contributed by atoms with Crippen LogP contribution < -0.4 is 5.32 Å². The summed E-state index contributed by atoms with van der Waals surface area (Å²) in [6, 6.07) is 7.86. The largest absolute Gasteiger partial charge is 0.335 e. The summed E-state index contributed by atoms with van der Waals surface area (Å²) in [6.45, 7) is 1.61. The number of hydrogen-bond donors (Lipinski definition) is 1. The van der Waals surface area contributed by atoms with E-state index in [1.54, 1.807) is 25.1 Å². The minimum Gasteiger partial charge on any atom is -0.335 e. The molecular weight excluding hydrogens is 509 g/mol. The van der Waals surface area contributed by atoms with Crippen molar-refractivity contribution in [2.75, 3.05) is 18.9 Å². The van der Waals surface area contributed by atoms with Gasteiger partial charge in [0.05, 0.1) is 22.8 Å². The second-order valence-electron chi connectivity index (χ2n) is 6.52. The highest BCUT2D eigenvalue weighted by Crippen LogP contribution is 2.28. The summed E-state index contributed by atoms with van der Waals surface area (Å²) in [5.41, 5.74) is 1.14. The molecule has 0 aliphatic heterocycles. The molecule has 1 N–H and O–H groups in total. The fraction of sp³-hybridized carbons (Fsp3) is 0.150. The van der Waals surface area contributed by atoms with E-state index in [1.165, 1.54) is 35.0 Å². The number of amides is 2. The van der Waals surface area contributed by atoms with E-state index >= 15 is 0 Å². The number of aryl methyl sites for hydroxylation is 1. The first-order valence-electron chi connectivity index (χ1n) is 8.90. The highest BCUT2D eigenvalue weighted by atomic mass is 79.9. The summed E-state index contributed by atoms with van der Waals surface area (Å²) in [5.74, 6) is -0.734. The highest BCUT2D eigenvalue weighted by Gasteiger charge is 2.23. The Morgan fingerprint density at radius 1 is 1.29 bits per heavy atom. The predicted octanol–water partition coefficient (Wildman–Crippen LogP) is 4.17. The summed E-state index contributed by atoms with van der Waals surface area (Å²) >= 11 is 15.6. The zero-order chi connectivity index (χ0) is 22.7. The third kappa shape index (κ3) is 4.95. The zero-order valence-corrected chi connectivity index (χ0v) is 19.5. The Morgan fingerprint density at radius 2 is 2.03 bits per heavy atom. The summed E-state index contributed by atoms with van der Waals surface area (Å²) in [7, 11) is 1.48. The average molecular weight is 525 g/mol. The third-order valence-electron chi connectivity index (χ3n) is 4.32. The number of likely N-dealkylation sites (N-methyl/N-ethyl adjacent to an activating group) is 1. The van der Waals surface area contributed by atoms with Crippen LogP contribution in [0, 0.1) is 6.92 Å². The normalized spacial score (nSPS) is 10.6. The molecule has 8 nitrogen and oxygen atoms in total. The maximum atomic E-state index is 13.2. The van der Waals surface area contributed by atoms with Gasteiger partial charge in [0.2, 0.25) is 0 Å². The van der Waals surface area contributed by atoms with E-state index in [4.69, 9.17) is 23.2 Å². The van der Waals surface area contributed by atoms with Gasteiger partial charge in [-0.1, -0.05) is 23.2 Å². The first kappa shape index (κ1) is 22.9. The van der Waals surface area contributed by atoms with Gasteiger partial charge in [0, 0.05) is 24.3 Å². The summed E-state index contributed by atoms with van der Waals surface area (Å²) in [5, 5.41) is 7.63. The van der Waals surface area contributed by atoms with Crippen LogP contribution in [-0.2, 0) is 4.79 Å². The van der Waals surface area contributed by atoms with Gasteiger partial charge in [0.15, 0.2) is 5.82 Å².